The summed E-state index contributed by atoms with van der Waals surface area (Å²) in [5.74, 6) is -30.5. The van der Waals surface area contributed by atoms with E-state index in [4.69, 9.17) is 10.8 Å². The van der Waals surface area contributed by atoms with E-state index in [1.165, 1.54) is 0 Å². The maximum absolute atomic E-state index is 13.3. The van der Waals surface area contributed by atoms with Crippen molar-refractivity contribution in [2.24, 2.45) is 5.73 Å². The molecule has 1 heterocycles. The fourth-order valence-corrected chi connectivity index (χ4v) is 2.11. The van der Waals surface area contributed by atoms with E-state index in [1.54, 1.807) is 0 Å². The van der Waals surface area contributed by atoms with Crippen LogP contribution in [0.2, 0.25) is 0 Å². The van der Waals surface area contributed by atoms with Crippen LogP contribution in [0.4, 0.5) is 53.5 Å². The third kappa shape index (κ3) is 8.10. The van der Waals surface area contributed by atoms with Gasteiger partial charge in [-0.25, -0.2) is 35.9 Å². The van der Waals surface area contributed by atoms with Gasteiger partial charge in [-0.05, 0) is 19.4 Å². The monoisotopic (exact) mass is 570 g/mol. The third-order valence-electron chi connectivity index (χ3n) is 3.90. The SMILES string of the molecule is NCCCO.O=C(Oc1c(F)c(F)c(F)c(F)c1F)Oc1c(F)c(F)c(F)c(F)c1F.O=C1NCCCO1. The zero-order chi connectivity index (χ0) is 29.2. The second kappa shape index (κ2) is 14.8. The number of ether oxygens (including phenoxy) is 3. The third-order valence-corrected chi connectivity index (χ3v) is 3.90. The maximum atomic E-state index is 13.3. The van der Waals surface area contributed by atoms with Crippen molar-refractivity contribution < 1.29 is 72.8 Å². The van der Waals surface area contributed by atoms with Crippen LogP contribution in [0.25, 0.3) is 0 Å². The average molecular weight is 570 g/mol. The average Bonchev–Trinajstić information content (AvgIpc) is 2.90. The number of hydrogen-bond acceptors (Lipinski definition) is 7. The van der Waals surface area contributed by atoms with E-state index in [9.17, 15) is 53.5 Å². The Labute approximate surface area is 205 Å². The van der Waals surface area contributed by atoms with Crippen molar-refractivity contribution in [3.63, 3.8) is 0 Å². The summed E-state index contributed by atoms with van der Waals surface area (Å²) in [6.07, 6.45) is -1.19. The Morgan fingerprint density at radius 1 is 0.763 bits per heavy atom. The van der Waals surface area contributed by atoms with Crippen LogP contribution < -0.4 is 20.5 Å². The number of amides is 1. The van der Waals surface area contributed by atoms with E-state index in [0.29, 0.717) is 13.2 Å². The van der Waals surface area contributed by atoms with E-state index < -0.39 is 75.8 Å². The van der Waals surface area contributed by atoms with Gasteiger partial charge in [0.2, 0.25) is 69.7 Å². The quantitative estimate of drug-likeness (QED) is 0.167. The summed E-state index contributed by atoms with van der Waals surface area (Å²) in [7, 11) is 0. The molecule has 1 amide bonds. The lowest BCUT2D eigenvalue weighted by atomic mass is 10.2. The standard InChI is InChI=1S/C13F10O3.C4H7NO2.C3H9NO/c14-1-3(16)7(20)11(8(21)4(1)17)25-13(24)26-12-9(22)5(18)2(15)6(19)10(12)23;6-4-5-2-1-3-7-4;4-2-1-3-5/h;1-3H2,(H,5,6);5H,1-4H2. The highest BCUT2D eigenvalue weighted by molar-refractivity contribution is 5.68. The molecule has 2 aromatic rings. The molecule has 3 rings (SSSR count). The van der Waals surface area contributed by atoms with Crippen LogP contribution >= 0.6 is 0 Å². The van der Waals surface area contributed by atoms with Crippen molar-refractivity contribution in [3.8, 4) is 11.5 Å². The number of carbonyl (C=O) groups is 2. The minimum absolute atomic E-state index is 0.219. The molecule has 8 nitrogen and oxygen atoms in total. The first-order valence-corrected chi connectivity index (χ1v) is 9.94. The highest BCUT2D eigenvalue weighted by Gasteiger charge is 2.32. The van der Waals surface area contributed by atoms with Gasteiger partial charge in [0.1, 0.15) is 0 Å². The molecule has 0 aliphatic carbocycles. The summed E-state index contributed by atoms with van der Waals surface area (Å²) in [5.41, 5.74) is 4.98. The maximum Gasteiger partial charge on any atom is 0.519 e. The van der Waals surface area contributed by atoms with Gasteiger partial charge in [0.05, 0.1) is 6.61 Å². The predicted molar refractivity (Wildman–Crippen MR) is 104 cm³/mol. The number of halogens is 10. The first-order chi connectivity index (χ1) is 17.8. The molecule has 0 radical (unpaired) electrons. The fraction of sp³-hybridized carbons (Fsp3) is 0.300. The zero-order valence-electron chi connectivity index (χ0n) is 18.6. The molecule has 212 valence electrons. The molecule has 38 heavy (non-hydrogen) atoms. The lowest BCUT2D eigenvalue weighted by molar-refractivity contribution is 0.129. The summed E-state index contributed by atoms with van der Waals surface area (Å²) in [4.78, 5) is 21.3. The molecule has 1 fully saturated rings. The van der Waals surface area contributed by atoms with Crippen molar-refractivity contribution in [2.45, 2.75) is 12.8 Å². The van der Waals surface area contributed by atoms with Gasteiger partial charge in [-0.1, -0.05) is 0 Å². The van der Waals surface area contributed by atoms with Crippen LogP contribution in [0.15, 0.2) is 0 Å². The number of benzene rings is 2. The lowest BCUT2D eigenvalue weighted by Crippen LogP contribution is -2.31. The fourth-order valence-electron chi connectivity index (χ4n) is 2.11. The number of cyclic esters (lactones) is 1. The molecular weight excluding hydrogens is 554 g/mol. The van der Waals surface area contributed by atoms with E-state index in [0.717, 1.165) is 19.4 Å². The molecule has 18 heteroatoms. The molecule has 0 aromatic heterocycles. The van der Waals surface area contributed by atoms with Crippen LogP contribution in [-0.2, 0) is 4.74 Å². The number of carbonyl (C=O) groups excluding carboxylic acids is 2. The summed E-state index contributed by atoms with van der Waals surface area (Å²) in [6, 6.07) is 0. The van der Waals surface area contributed by atoms with Crippen LogP contribution in [0.3, 0.4) is 0 Å². The van der Waals surface area contributed by atoms with Crippen LogP contribution in [0, 0.1) is 58.2 Å². The Bertz CT molecular complexity index is 1030. The number of hydrogen-bond donors (Lipinski definition) is 3. The predicted octanol–water partition coefficient (Wildman–Crippen LogP) is 4.10. The minimum Gasteiger partial charge on any atom is -0.449 e. The number of nitrogens with two attached hydrogens (primary N) is 1. The first kappa shape index (κ1) is 32.2. The van der Waals surface area contributed by atoms with Gasteiger partial charge in [-0.3, -0.25) is 0 Å². The number of aliphatic hydroxyl groups excluding tert-OH is 1. The number of alkyl carbamates (subject to hydrolysis) is 1. The summed E-state index contributed by atoms with van der Waals surface area (Å²) >= 11 is 0. The molecule has 1 aliphatic rings. The molecule has 1 aliphatic heterocycles. The molecule has 2 aromatic carbocycles. The van der Waals surface area contributed by atoms with Crippen molar-refractivity contribution in [3.05, 3.63) is 58.2 Å². The van der Waals surface area contributed by atoms with Crippen LogP contribution in [-0.4, -0.2) is 43.7 Å². The smallest absolute Gasteiger partial charge is 0.449 e. The molecule has 0 saturated carbocycles. The second-order valence-electron chi connectivity index (χ2n) is 6.53. The van der Waals surface area contributed by atoms with E-state index in [1.807, 2.05) is 0 Å². The first-order valence-electron chi connectivity index (χ1n) is 9.94. The topological polar surface area (TPSA) is 120 Å². The number of aliphatic hydroxyl groups is 1. The van der Waals surface area contributed by atoms with Gasteiger partial charge in [0, 0.05) is 13.2 Å². The molecule has 0 bridgehead atoms. The van der Waals surface area contributed by atoms with Crippen molar-refractivity contribution in [1.82, 2.24) is 5.32 Å². The van der Waals surface area contributed by atoms with Crippen molar-refractivity contribution in [1.29, 1.82) is 0 Å². The number of nitrogens with one attached hydrogen (secondary N) is 1. The molecule has 4 N–H and O–H groups in total. The molecule has 0 spiro atoms. The summed E-state index contributed by atoms with van der Waals surface area (Å²) in [5, 5.41) is 10.5. The summed E-state index contributed by atoms with van der Waals surface area (Å²) in [6.45, 7) is 2.15. The Balaban J connectivity index is 0.000000493. The van der Waals surface area contributed by atoms with E-state index in [-0.39, 0.29) is 12.7 Å². The Morgan fingerprint density at radius 3 is 1.34 bits per heavy atom. The largest absolute Gasteiger partial charge is 0.519 e. The normalized spacial score (nSPS) is 12.3. The van der Waals surface area contributed by atoms with Crippen molar-refractivity contribution in [2.75, 3.05) is 26.3 Å². The second-order valence-corrected chi connectivity index (χ2v) is 6.53. The highest BCUT2D eigenvalue weighted by Crippen LogP contribution is 2.32. The van der Waals surface area contributed by atoms with E-state index in [2.05, 4.69) is 19.5 Å². The van der Waals surface area contributed by atoms with Gasteiger partial charge in [-0.2, -0.15) is 17.6 Å². The summed E-state index contributed by atoms with van der Waals surface area (Å²) < 4.78 is 142. The molecule has 0 atom stereocenters. The van der Waals surface area contributed by atoms with Crippen molar-refractivity contribution >= 4 is 12.2 Å². The minimum atomic E-state index is -2.62. The Kier molecular flexibility index (Phi) is 12.6. The van der Waals surface area contributed by atoms with Gasteiger partial charge in [-0.15, -0.1) is 0 Å². The molecule has 0 unspecified atom stereocenters. The van der Waals surface area contributed by atoms with Gasteiger partial charge < -0.3 is 30.4 Å². The lowest BCUT2D eigenvalue weighted by Gasteiger charge is -2.10. The molecule has 1 saturated heterocycles. The van der Waals surface area contributed by atoms with Gasteiger partial charge in [0.25, 0.3) is 0 Å². The Morgan fingerprint density at radius 2 is 1.13 bits per heavy atom. The van der Waals surface area contributed by atoms with Crippen LogP contribution in [0.1, 0.15) is 12.8 Å². The Hall–Kier alpha value is -3.80. The van der Waals surface area contributed by atoms with Gasteiger partial charge in [0.15, 0.2) is 0 Å². The number of rotatable bonds is 4. The van der Waals surface area contributed by atoms with Gasteiger partial charge >= 0.3 is 12.2 Å². The van der Waals surface area contributed by atoms with E-state index >= 15 is 0 Å². The van der Waals surface area contributed by atoms with Crippen LogP contribution in [0.5, 0.6) is 11.5 Å². The highest BCUT2D eigenvalue weighted by atomic mass is 19.2. The zero-order valence-corrected chi connectivity index (χ0v) is 18.6. The molecular formula is C20H16F10N2O6.